The minimum Gasteiger partial charge on any atom is -0.457 e. The molecule has 0 amide bonds. The number of aliphatic hydroxyl groups excluding tert-OH is 2. The van der Waals surface area contributed by atoms with Crippen LogP contribution in [0.25, 0.3) is 0 Å². The number of phosphoric acid groups is 1. The van der Waals surface area contributed by atoms with Gasteiger partial charge in [-0.25, -0.2) is 4.57 Å². The van der Waals surface area contributed by atoms with Crippen molar-refractivity contribution in [3.63, 3.8) is 0 Å². The van der Waals surface area contributed by atoms with Gasteiger partial charge in [0.2, 0.25) is 0 Å². The van der Waals surface area contributed by atoms with E-state index in [-0.39, 0.29) is 25.6 Å². The van der Waals surface area contributed by atoms with Crippen molar-refractivity contribution in [2.45, 2.75) is 232 Å². The summed E-state index contributed by atoms with van der Waals surface area (Å²) in [5.41, 5.74) is 0. The van der Waals surface area contributed by atoms with E-state index in [1.165, 1.54) is 154 Å². The Kier molecular flexibility index (Phi) is 41.2. The fraction of sp³-hybridized carbons (Fsp3) is 0.932. The second-order valence-corrected chi connectivity index (χ2v) is 16.9. The number of unbranched alkanes of at least 4 members (excludes halogenated alkanes) is 28. The van der Waals surface area contributed by atoms with Gasteiger partial charge >= 0.3 is 13.8 Å². The second-order valence-electron chi connectivity index (χ2n) is 15.4. The number of allylic oxidation sites excluding steroid dienone is 2. The van der Waals surface area contributed by atoms with Crippen LogP contribution in [0.2, 0.25) is 0 Å². The molecule has 3 unspecified atom stereocenters. The molecule has 0 aliphatic rings. The highest BCUT2D eigenvalue weighted by atomic mass is 31.2. The molecule has 3 atom stereocenters. The zero-order valence-corrected chi connectivity index (χ0v) is 36.1. The SMILES string of the molecule is CCCCC/C=C\CCCCCCCCOCC(COP(=O)(O)OCC(O)CO)OC(=O)CCCCCCCCCCCCCCCCCCCCCC. The Morgan fingerprint density at radius 2 is 0.944 bits per heavy atom. The Balaban J connectivity index is 4.08. The van der Waals surface area contributed by atoms with Crippen LogP contribution in [0.3, 0.4) is 0 Å². The molecule has 0 aromatic carbocycles. The van der Waals surface area contributed by atoms with Crippen LogP contribution in [0.15, 0.2) is 12.2 Å². The number of carbonyl (C=O) groups is 1. The van der Waals surface area contributed by atoms with E-state index in [9.17, 15) is 19.4 Å². The Hall–Kier alpha value is -0.800. The molecule has 0 fully saturated rings. The number of hydrogen-bond acceptors (Lipinski definition) is 8. The molecule has 0 aliphatic heterocycles. The van der Waals surface area contributed by atoms with Crippen LogP contribution in [0.5, 0.6) is 0 Å². The first-order valence-corrected chi connectivity index (χ1v) is 24.2. The van der Waals surface area contributed by atoms with E-state index in [2.05, 4.69) is 26.0 Å². The van der Waals surface area contributed by atoms with E-state index < -0.39 is 33.2 Å². The maximum Gasteiger partial charge on any atom is 0.472 e. The standard InChI is InChI=1S/C44H87O9P/c1-3-5-7-9-11-13-15-17-18-19-20-21-22-23-24-26-28-30-32-34-36-44(47)53-43(41-52-54(48,49)51-39-42(46)38-45)40-50-37-35-33-31-29-27-25-16-14-12-10-8-6-4-2/h12,14,42-43,45-46H,3-11,13,15-41H2,1-2H3,(H,48,49)/b14-12-. The van der Waals surface area contributed by atoms with E-state index in [1.54, 1.807) is 0 Å². The Morgan fingerprint density at radius 1 is 0.556 bits per heavy atom. The highest BCUT2D eigenvalue weighted by Gasteiger charge is 2.26. The average Bonchev–Trinajstić information content (AvgIpc) is 3.16. The van der Waals surface area contributed by atoms with Gasteiger partial charge in [0.25, 0.3) is 0 Å². The van der Waals surface area contributed by atoms with Crippen LogP contribution in [0.1, 0.15) is 219 Å². The lowest BCUT2D eigenvalue weighted by Gasteiger charge is -2.20. The maximum absolute atomic E-state index is 12.6. The molecule has 0 saturated heterocycles. The highest BCUT2D eigenvalue weighted by Crippen LogP contribution is 2.43. The second kappa shape index (κ2) is 41.8. The summed E-state index contributed by atoms with van der Waals surface area (Å²) < 4.78 is 33.4. The van der Waals surface area contributed by atoms with Gasteiger partial charge in [0.05, 0.1) is 26.4 Å². The minimum atomic E-state index is -4.51. The van der Waals surface area contributed by atoms with Crippen molar-refractivity contribution in [1.82, 2.24) is 0 Å². The smallest absolute Gasteiger partial charge is 0.457 e. The van der Waals surface area contributed by atoms with Crippen molar-refractivity contribution in [3.05, 3.63) is 12.2 Å². The van der Waals surface area contributed by atoms with Crippen LogP contribution >= 0.6 is 7.82 Å². The van der Waals surface area contributed by atoms with E-state index >= 15 is 0 Å². The third kappa shape index (κ3) is 40.9. The molecule has 0 spiro atoms. The fourth-order valence-electron chi connectivity index (χ4n) is 6.47. The molecular weight excluding hydrogens is 703 g/mol. The summed E-state index contributed by atoms with van der Waals surface area (Å²) in [5, 5.41) is 18.3. The van der Waals surface area contributed by atoms with Crippen molar-refractivity contribution in [2.24, 2.45) is 0 Å². The predicted molar refractivity (Wildman–Crippen MR) is 224 cm³/mol. The molecule has 0 aliphatic carbocycles. The summed E-state index contributed by atoms with van der Waals surface area (Å²) >= 11 is 0. The van der Waals surface area contributed by atoms with Gasteiger partial charge in [-0.2, -0.15) is 0 Å². The molecule has 0 aromatic heterocycles. The first-order chi connectivity index (χ1) is 26.3. The van der Waals surface area contributed by atoms with Gasteiger partial charge in [-0.1, -0.05) is 187 Å². The molecule has 0 aromatic rings. The van der Waals surface area contributed by atoms with Crippen molar-refractivity contribution in [1.29, 1.82) is 0 Å². The average molecular weight is 791 g/mol. The van der Waals surface area contributed by atoms with Gasteiger partial charge in [0.15, 0.2) is 0 Å². The van der Waals surface area contributed by atoms with Gasteiger partial charge in [-0.3, -0.25) is 13.8 Å². The molecule has 0 radical (unpaired) electrons. The lowest BCUT2D eigenvalue weighted by molar-refractivity contribution is -0.154. The quantitative estimate of drug-likeness (QED) is 0.0239. The molecule has 9 nitrogen and oxygen atoms in total. The molecule has 0 saturated carbocycles. The zero-order chi connectivity index (χ0) is 39.6. The fourth-order valence-corrected chi connectivity index (χ4v) is 7.26. The van der Waals surface area contributed by atoms with Gasteiger partial charge in [0, 0.05) is 13.0 Å². The molecule has 0 rings (SSSR count). The summed E-state index contributed by atoms with van der Waals surface area (Å²) in [6.07, 6.45) is 41.7. The van der Waals surface area contributed by atoms with Crippen LogP contribution < -0.4 is 0 Å². The largest absolute Gasteiger partial charge is 0.472 e. The number of phosphoric ester groups is 1. The van der Waals surface area contributed by atoms with Crippen LogP contribution in [0.4, 0.5) is 0 Å². The number of aliphatic hydroxyl groups is 2. The summed E-state index contributed by atoms with van der Waals surface area (Å²) in [5.74, 6) is -0.380. The van der Waals surface area contributed by atoms with Gasteiger partial charge in [0.1, 0.15) is 12.2 Å². The molecule has 0 bridgehead atoms. The summed E-state index contributed by atoms with van der Waals surface area (Å²) in [7, 11) is -4.51. The Bertz CT molecular complexity index is 856. The maximum atomic E-state index is 12.6. The lowest BCUT2D eigenvalue weighted by atomic mass is 10.0. The van der Waals surface area contributed by atoms with Gasteiger partial charge < -0.3 is 24.6 Å². The van der Waals surface area contributed by atoms with Gasteiger partial charge in [-0.15, -0.1) is 0 Å². The Morgan fingerprint density at radius 3 is 1.43 bits per heavy atom. The number of esters is 1. The minimum absolute atomic E-state index is 0.0504. The first-order valence-electron chi connectivity index (χ1n) is 22.7. The number of rotatable bonds is 44. The highest BCUT2D eigenvalue weighted by molar-refractivity contribution is 7.47. The van der Waals surface area contributed by atoms with E-state index in [1.807, 2.05) is 0 Å². The third-order valence-corrected chi connectivity index (χ3v) is 10.9. The zero-order valence-electron chi connectivity index (χ0n) is 35.2. The number of ether oxygens (including phenoxy) is 2. The lowest BCUT2D eigenvalue weighted by Crippen LogP contribution is -2.29. The van der Waals surface area contributed by atoms with Crippen LogP contribution in [-0.4, -0.2) is 66.3 Å². The van der Waals surface area contributed by atoms with Crippen molar-refractivity contribution >= 4 is 13.8 Å². The molecule has 3 N–H and O–H groups in total. The van der Waals surface area contributed by atoms with Crippen molar-refractivity contribution < 1.29 is 43.0 Å². The molecular formula is C44H87O9P. The topological polar surface area (TPSA) is 132 Å². The normalized spacial score (nSPS) is 14.1. The predicted octanol–water partition coefficient (Wildman–Crippen LogP) is 12.5. The Labute approximate surface area is 332 Å². The summed E-state index contributed by atoms with van der Waals surface area (Å²) in [6.45, 7) is 3.53. The van der Waals surface area contributed by atoms with Gasteiger partial charge in [-0.05, 0) is 38.5 Å². The van der Waals surface area contributed by atoms with E-state index in [0.717, 1.165) is 44.9 Å². The molecule has 54 heavy (non-hydrogen) atoms. The molecule has 10 heteroatoms. The van der Waals surface area contributed by atoms with Crippen LogP contribution in [0, 0.1) is 0 Å². The molecule has 0 heterocycles. The van der Waals surface area contributed by atoms with E-state index in [4.69, 9.17) is 23.6 Å². The molecule has 322 valence electrons. The summed E-state index contributed by atoms with van der Waals surface area (Å²) in [4.78, 5) is 22.6. The summed E-state index contributed by atoms with van der Waals surface area (Å²) in [6, 6.07) is 0. The number of hydrogen-bond donors (Lipinski definition) is 3. The van der Waals surface area contributed by atoms with Crippen molar-refractivity contribution in [3.8, 4) is 0 Å². The monoisotopic (exact) mass is 791 g/mol. The number of carbonyl (C=O) groups excluding carboxylic acids is 1. The first kappa shape index (κ1) is 53.2. The van der Waals surface area contributed by atoms with Crippen molar-refractivity contribution in [2.75, 3.05) is 33.0 Å². The van der Waals surface area contributed by atoms with E-state index in [0.29, 0.717) is 6.61 Å². The van der Waals surface area contributed by atoms with Crippen LogP contribution in [-0.2, 0) is 27.9 Å². The third-order valence-electron chi connectivity index (χ3n) is 9.95.